The number of nitrogens with zero attached hydrogens (tertiary/aromatic N) is 1. The average Bonchev–Trinajstić information content (AvgIpc) is 2.62. The quantitative estimate of drug-likeness (QED) is 0.779. The van der Waals surface area contributed by atoms with E-state index in [0.717, 1.165) is 23.4 Å². The molecule has 0 saturated heterocycles. The molecule has 1 fully saturated rings. The lowest BCUT2D eigenvalue weighted by atomic mass is 9.77. The van der Waals surface area contributed by atoms with Gasteiger partial charge in [-0.25, -0.2) is 4.98 Å². The molecule has 1 aliphatic carbocycles. The molecule has 0 bridgehead atoms. The number of aromatic nitrogens is 2. The van der Waals surface area contributed by atoms with E-state index in [0.29, 0.717) is 6.04 Å². The highest BCUT2D eigenvalue weighted by atomic mass is 14.9. The van der Waals surface area contributed by atoms with Crippen molar-refractivity contribution >= 4 is 11.0 Å². The Morgan fingerprint density at radius 3 is 3.07 bits per heavy atom. The molecule has 78 valence electrons. The first-order chi connectivity index (χ1) is 7.31. The molecule has 1 aromatic heterocycles. The summed E-state index contributed by atoms with van der Waals surface area (Å²) >= 11 is 0. The highest BCUT2D eigenvalue weighted by Gasteiger charge is 2.25. The maximum atomic E-state index is 5.78. The van der Waals surface area contributed by atoms with E-state index >= 15 is 0 Å². The molecule has 2 aromatic rings. The molecule has 3 N–H and O–H groups in total. The van der Waals surface area contributed by atoms with Crippen LogP contribution in [0.25, 0.3) is 11.0 Å². The number of imidazole rings is 1. The zero-order chi connectivity index (χ0) is 10.3. The normalized spacial score (nSPS) is 25.4. The number of hydrogen-bond acceptors (Lipinski definition) is 2. The fourth-order valence-corrected chi connectivity index (χ4v) is 2.40. The van der Waals surface area contributed by atoms with Crippen molar-refractivity contribution in [3.63, 3.8) is 0 Å². The van der Waals surface area contributed by atoms with Gasteiger partial charge in [-0.1, -0.05) is 6.07 Å². The van der Waals surface area contributed by atoms with E-state index in [1.165, 1.54) is 18.4 Å². The Morgan fingerprint density at radius 1 is 1.40 bits per heavy atom. The van der Waals surface area contributed by atoms with Gasteiger partial charge in [0.1, 0.15) is 0 Å². The zero-order valence-electron chi connectivity index (χ0n) is 8.61. The molecule has 0 amide bonds. The third kappa shape index (κ3) is 1.63. The first-order valence-corrected chi connectivity index (χ1v) is 5.49. The van der Waals surface area contributed by atoms with Gasteiger partial charge in [0, 0.05) is 6.04 Å². The van der Waals surface area contributed by atoms with E-state index in [9.17, 15) is 0 Å². The second-order valence-corrected chi connectivity index (χ2v) is 4.56. The summed E-state index contributed by atoms with van der Waals surface area (Å²) in [7, 11) is 0. The van der Waals surface area contributed by atoms with E-state index < -0.39 is 0 Å². The molecule has 1 aromatic carbocycles. The Balaban J connectivity index is 1.79. The molecule has 0 radical (unpaired) electrons. The molecule has 0 atom stereocenters. The molecule has 3 rings (SSSR count). The minimum Gasteiger partial charge on any atom is -0.345 e. The van der Waals surface area contributed by atoms with Crippen LogP contribution < -0.4 is 5.73 Å². The third-order valence-corrected chi connectivity index (χ3v) is 3.28. The maximum Gasteiger partial charge on any atom is 0.0931 e. The van der Waals surface area contributed by atoms with Gasteiger partial charge < -0.3 is 10.7 Å². The van der Waals surface area contributed by atoms with Crippen LogP contribution in [0.3, 0.4) is 0 Å². The fraction of sp³-hybridized carbons (Fsp3) is 0.417. The standard InChI is InChI=1S/C12H15N3/c13-10-4-9(5-10)3-8-1-2-11-12(6-8)15-7-14-11/h1-2,6-7,9-10H,3-5,13H2,(H,14,15). The summed E-state index contributed by atoms with van der Waals surface area (Å²) in [6, 6.07) is 6.91. The van der Waals surface area contributed by atoms with Crippen LogP contribution in [-0.2, 0) is 6.42 Å². The van der Waals surface area contributed by atoms with E-state index in [-0.39, 0.29) is 0 Å². The minimum atomic E-state index is 0.450. The summed E-state index contributed by atoms with van der Waals surface area (Å²) in [4.78, 5) is 7.35. The van der Waals surface area contributed by atoms with Crippen molar-refractivity contribution in [2.45, 2.75) is 25.3 Å². The SMILES string of the molecule is NC1CC(Cc2ccc3nc[nH]c3c2)C1. The highest BCUT2D eigenvalue weighted by Crippen LogP contribution is 2.29. The zero-order valence-corrected chi connectivity index (χ0v) is 8.61. The van der Waals surface area contributed by atoms with Gasteiger partial charge in [0.25, 0.3) is 0 Å². The van der Waals surface area contributed by atoms with Crippen molar-refractivity contribution in [1.82, 2.24) is 9.97 Å². The molecule has 1 heterocycles. The van der Waals surface area contributed by atoms with Crippen molar-refractivity contribution in [1.29, 1.82) is 0 Å². The summed E-state index contributed by atoms with van der Waals surface area (Å²) in [5.41, 5.74) is 9.35. The molecule has 1 aliphatic rings. The molecular weight excluding hydrogens is 186 g/mol. The first-order valence-electron chi connectivity index (χ1n) is 5.49. The third-order valence-electron chi connectivity index (χ3n) is 3.28. The molecule has 3 nitrogen and oxygen atoms in total. The maximum absolute atomic E-state index is 5.78. The number of nitrogens with two attached hydrogens (primary N) is 1. The van der Waals surface area contributed by atoms with Crippen LogP contribution in [0.1, 0.15) is 18.4 Å². The molecule has 0 aliphatic heterocycles. The van der Waals surface area contributed by atoms with Gasteiger partial charge in [0.15, 0.2) is 0 Å². The van der Waals surface area contributed by atoms with Gasteiger partial charge in [0.05, 0.1) is 17.4 Å². The number of hydrogen-bond donors (Lipinski definition) is 2. The summed E-state index contributed by atoms with van der Waals surface area (Å²) in [6.07, 6.45) is 5.26. The highest BCUT2D eigenvalue weighted by molar-refractivity contribution is 5.75. The number of aromatic amines is 1. The molecule has 1 saturated carbocycles. The fourth-order valence-electron chi connectivity index (χ4n) is 2.40. The van der Waals surface area contributed by atoms with Gasteiger partial charge in [-0.2, -0.15) is 0 Å². The van der Waals surface area contributed by atoms with Crippen LogP contribution in [0.4, 0.5) is 0 Å². The number of fused-ring (bicyclic) bond motifs is 1. The monoisotopic (exact) mass is 201 g/mol. The van der Waals surface area contributed by atoms with Crippen LogP contribution in [0.2, 0.25) is 0 Å². The van der Waals surface area contributed by atoms with Gasteiger partial charge in [-0.15, -0.1) is 0 Å². The van der Waals surface area contributed by atoms with Crippen molar-refractivity contribution in [3.05, 3.63) is 30.1 Å². The van der Waals surface area contributed by atoms with E-state index in [1.807, 2.05) is 0 Å². The smallest absolute Gasteiger partial charge is 0.0931 e. The Hall–Kier alpha value is -1.35. The largest absolute Gasteiger partial charge is 0.345 e. The lowest BCUT2D eigenvalue weighted by Gasteiger charge is -2.32. The number of nitrogens with one attached hydrogen (secondary N) is 1. The average molecular weight is 201 g/mol. The van der Waals surface area contributed by atoms with Crippen molar-refractivity contribution in [2.75, 3.05) is 0 Å². The second-order valence-electron chi connectivity index (χ2n) is 4.56. The topological polar surface area (TPSA) is 54.7 Å². The lowest BCUT2D eigenvalue weighted by Crippen LogP contribution is -2.37. The molecule has 3 heteroatoms. The van der Waals surface area contributed by atoms with Gasteiger partial charge in [-0.3, -0.25) is 0 Å². The molecular formula is C12H15N3. The summed E-state index contributed by atoms with van der Waals surface area (Å²) < 4.78 is 0. The van der Waals surface area contributed by atoms with Gasteiger partial charge in [-0.05, 0) is 42.9 Å². The predicted molar refractivity (Wildman–Crippen MR) is 60.5 cm³/mol. The van der Waals surface area contributed by atoms with Crippen LogP contribution in [0, 0.1) is 5.92 Å². The van der Waals surface area contributed by atoms with Crippen LogP contribution >= 0.6 is 0 Å². The van der Waals surface area contributed by atoms with E-state index in [4.69, 9.17) is 5.73 Å². The summed E-state index contributed by atoms with van der Waals surface area (Å²) in [5.74, 6) is 0.792. The Morgan fingerprint density at radius 2 is 2.27 bits per heavy atom. The van der Waals surface area contributed by atoms with Crippen LogP contribution in [0.15, 0.2) is 24.5 Å². The van der Waals surface area contributed by atoms with Crippen molar-refractivity contribution in [3.8, 4) is 0 Å². The number of rotatable bonds is 2. The number of H-pyrrole nitrogens is 1. The summed E-state index contributed by atoms with van der Waals surface area (Å²) in [6.45, 7) is 0. The summed E-state index contributed by atoms with van der Waals surface area (Å²) in [5, 5.41) is 0. The molecule has 0 unspecified atom stereocenters. The Bertz CT molecular complexity index is 468. The van der Waals surface area contributed by atoms with Crippen molar-refractivity contribution < 1.29 is 0 Å². The first kappa shape index (κ1) is 8.92. The van der Waals surface area contributed by atoms with Crippen molar-refractivity contribution in [2.24, 2.45) is 11.7 Å². The van der Waals surface area contributed by atoms with E-state index in [1.54, 1.807) is 6.33 Å². The second kappa shape index (κ2) is 3.35. The minimum absolute atomic E-state index is 0.450. The Labute approximate surface area is 88.7 Å². The van der Waals surface area contributed by atoms with Gasteiger partial charge >= 0.3 is 0 Å². The van der Waals surface area contributed by atoms with E-state index in [2.05, 4.69) is 28.2 Å². The number of benzene rings is 1. The Kier molecular flexibility index (Phi) is 1.99. The lowest BCUT2D eigenvalue weighted by molar-refractivity contribution is 0.264. The predicted octanol–water partition coefficient (Wildman–Crippen LogP) is 1.84. The van der Waals surface area contributed by atoms with Gasteiger partial charge in [0.2, 0.25) is 0 Å². The van der Waals surface area contributed by atoms with Crippen LogP contribution in [-0.4, -0.2) is 16.0 Å². The molecule has 0 spiro atoms. The molecule has 15 heavy (non-hydrogen) atoms. The van der Waals surface area contributed by atoms with Crippen LogP contribution in [0.5, 0.6) is 0 Å².